The van der Waals surface area contributed by atoms with Crippen LogP contribution in [-0.2, 0) is 16.1 Å². The van der Waals surface area contributed by atoms with Crippen LogP contribution in [0.2, 0.25) is 0 Å². The maximum atomic E-state index is 12.9. The number of anilines is 1. The zero-order chi connectivity index (χ0) is 17.5. The molecule has 2 aromatic carbocycles. The van der Waals surface area contributed by atoms with Gasteiger partial charge in [0.05, 0.1) is 24.9 Å². The van der Waals surface area contributed by atoms with Crippen molar-refractivity contribution >= 4 is 17.6 Å². The number of methoxy groups -OCH3 is 1. The van der Waals surface area contributed by atoms with E-state index in [4.69, 9.17) is 4.74 Å². The molecule has 2 rings (SSSR count). The molecule has 6 heteroatoms. The van der Waals surface area contributed by atoms with Crippen molar-refractivity contribution in [3.63, 3.8) is 0 Å². The van der Waals surface area contributed by atoms with Crippen LogP contribution in [0.15, 0.2) is 48.5 Å². The van der Waals surface area contributed by atoms with Gasteiger partial charge in [0, 0.05) is 6.54 Å². The molecular weight excluding hydrogens is 311 g/mol. The quantitative estimate of drug-likeness (QED) is 0.828. The average Bonchev–Trinajstić information content (AvgIpc) is 2.56. The molecule has 1 N–H and O–H groups in total. The Kier molecular flexibility index (Phi) is 6.03. The lowest BCUT2D eigenvalue weighted by molar-refractivity contribution is -0.117. The Morgan fingerprint density at radius 3 is 2.46 bits per heavy atom. The van der Waals surface area contributed by atoms with E-state index >= 15 is 0 Å². The average molecular weight is 330 g/mol. The van der Waals surface area contributed by atoms with Crippen LogP contribution in [-0.4, -0.2) is 37.5 Å². The van der Waals surface area contributed by atoms with Crippen molar-refractivity contribution in [3.05, 3.63) is 65.5 Å². The third-order valence-corrected chi connectivity index (χ3v) is 3.39. The van der Waals surface area contributed by atoms with Gasteiger partial charge in [0.2, 0.25) is 5.91 Å². The molecule has 0 saturated heterocycles. The van der Waals surface area contributed by atoms with E-state index in [-0.39, 0.29) is 18.3 Å². The number of carbonyl (C=O) groups excluding carboxylic acids is 2. The summed E-state index contributed by atoms with van der Waals surface area (Å²) in [5.74, 6) is -1.06. The Hall–Kier alpha value is -2.73. The Morgan fingerprint density at radius 2 is 1.79 bits per heavy atom. The first kappa shape index (κ1) is 17.6. The van der Waals surface area contributed by atoms with Crippen molar-refractivity contribution < 1.29 is 18.7 Å². The second kappa shape index (κ2) is 8.21. The minimum atomic E-state index is -0.509. The highest BCUT2D eigenvalue weighted by Crippen LogP contribution is 2.16. The predicted molar refractivity (Wildman–Crippen MR) is 89.1 cm³/mol. The molecule has 5 nitrogen and oxygen atoms in total. The van der Waals surface area contributed by atoms with Gasteiger partial charge in [0.1, 0.15) is 5.82 Å². The summed E-state index contributed by atoms with van der Waals surface area (Å²) in [5, 5.41) is 2.71. The van der Waals surface area contributed by atoms with Gasteiger partial charge in [-0.3, -0.25) is 9.69 Å². The summed E-state index contributed by atoms with van der Waals surface area (Å²) in [6.45, 7) is 0.638. The molecule has 0 bridgehead atoms. The molecule has 0 aliphatic heterocycles. The molecule has 0 unspecified atom stereocenters. The highest BCUT2D eigenvalue weighted by Gasteiger charge is 2.14. The number of likely N-dealkylation sites (N-methyl/N-ethyl adjacent to an activating group) is 1. The van der Waals surface area contributed by atoms with Gasteiger partial charge < -0.3 is 10.1 Å². The lowest BCUT2D eigenvalue weighted by Crippen LogP contribution is -2.30. The maximum Gasteiger partial charge on any atom is 0.339 e. The maximum absolute atomic E-state index is 12.9. The number of halogens is 1. The van der Waals surface area contributed by atoms with Crippen LogP contribution in [0.4, 0.5) is 10.1 Å². The van der Waals surface area contributed by atoms with Crippen LogP contribution in [0.1, 0.15) is 15.9 Å². The zero-order valence-corrected chi connectivity index (χ0v) is 13.6. The molecule has 0 radical (unpaired) electrons. The molecule has 126 valence electrons. The number of para-hydroxylation sites is 1. The summed E-state index contributed by atoms with van der Waals surface area (Å²) >= 11 is 0. The van der Waals surface area contributed by atoms with Gasteiger partial charge in [-0.1, -0.05) is 24.3 Å². The first-order valence-electron chi connectivity index (χ1n) is 7.40. The normalized spacial score (nSPS) is 10.5. The topological polar surface area (TPSA) is 58.6 Å². The van der Waals surface area contributed by atoms with Gasteiger partial charge in [0.15, 0.2) is 0 Å². The van der Waals surface area contributed by atoms with E-state index in [1.165, 1.54) is 19.2 Å². The molecule has 0 saturated carbocycles. The largest absolute Gasteiger partial charge is 0.465 e. The fourth-order valence-corrected chi connectivity index (χ4v) is 2.27. The van der Waals surface area contributed by atoms with E-state index < -0.39 is 5.97 Å². The fraction of sp³-hybridized carbons (Fsp3) is 0.222. The van der Waals surface area contributed by atoms with Gasteiger partial charge in [-0.25, -0.2) is 9.18 Å². The molecule has 2 aromatic rings. The first-order valence-corrected chi connectivity index (χ1v) is 7.40. The number of nitrogens with zero attached hydrogens (tertiary/aromatic N) is 1. The Balaban J connectivity index is 1.95. The summed E-state index contributed by atoms with van der Waals surface area (Å²) in [5.41, 5.74) is 1.61. The Labute approximate surface area is 140 Å². The van der Waals surface area contributed by atoms with Crippen LogP contribution in [0, 0.1) is 5.82 Å². The van der Waals surface area contributed by atoms with E-state index in [1.807, 2.05) is 0 Å². The molecule has 1 amide bonds. The summed E-state index contributed by atoms with van der Waals surface area (Å²) < 4.78 is 17.6. The molecule has 0 spiro atoms. The van der Waals surface area contributed by atoms with Gasteiger partial charge in [-0.15, -0.1) is 0 Å². The number of nitrogens with one attached hydrogen (secondary N) is 1. The molecule has 24 heavy (non-hydrogen) atoms. The second-order valence-electron chi connectivity index (χ2n) is 5.38. The minimum absolute atomic E-state index is 0.132. The standard InChI is InChI=1S/C18H19FN2O3/c1-21(11-13-7-9-14(19)10-8-13)12-17(22)20-16-6-4-3-5-15(16)18(23)24-2/h3-10H,11-12H2,1-2H3,(H,20,22). The van der Waals surface area contributed by atoms with Gasteiger partial charge >= 0.3 is 5.97 Å². The van der Waals surface area contributed by atoms with Crippen molar-refractivity contribution in [1.82, 2.24) is 4.90 Å². The van der Waals surface area contributed by atoms with Crippen LogP contribution >= 0.6 is 0 Å². The number of ether oxygens (including phenoxy) is 1. The van der Waals surface area contributed by atoms with E-state index in [0.29, 0.717) is 17.8 Å². The van der Waals surface area contributed by atoms with E-state index in [1.54, 1.807) is 48.3 Å². The first-order chi connectivity index (χ1) is 11.5. The number of benzene rings is 2. The molecule has 0 aliphatic carbocycles. The van der Waals surface area contributed by atoms with E-state index in [0.717, 1.165) is 5.56 Å². The second-order valence-corrected chi connectivity index (χ2v) is 5.38. The lowest BCUT2D eigenvalue weighted by Gasteiger charge is -2.17. The van der Waals surface area contributed by atoms with Crippen LogP contribution < -0.4 is 5.32 Å². The predicted octanol–water partition coefficient (Wildman–Crippen LogP) is 2.68. The number of rotatable bonds is 6. The van der Waals surface area contributed by atoms with E-state index in [9.17, 15) is 14.0 Å². The highest BCUT2D eigenvalue weighted by molar-refractivity contribution is 6.01. The van der Waals surface area contributed by atoms with Crippen molar-refractivity contribution in [3.8, 4) is 0 Å². The monoisotopic (exact) mass is 330 g/mol. The third kappa shape index (κ3) is 4.89. The summed E-state index contributed by atoms with van der Waals surface area (Å²) in [7, 11) is 3.08. The Bertz CT molecular complexity index is 716. The molecule has 0 heterocycles. The zero-order valence-electron chi connectivity index (χ0n) is 13.6. The summed E-state index contributed by atoms with van der Waals surface area (Å²) in [6, 6.07) is 12.8. The number of carbonyl (C=O) groups is 2. The Morgan fingerprint density at radius 1 is 1.12 bits per heavy atom. The summed E-state index contributed by atoms with van der Waals surface area (Å²) in [6.07, 6.45) is 0. The third-order valence-electron chi connectivity index (χ3n) is 3.39. The van der Waals surface area contributed by atoms with Crippen LogP contribution in [0.3, 0.4) is 0 Å². The van der Waals surface area contributed by atoms with Crippen molar-refractivity contribution in [2.24, 2.45) is 0 Å². The van der Waals surface area contributed by atoms with Crippen LogP contribution in [0.5, 0.6) is 0 Å². The van der Waals surface area contributed by atoms with E-state index in [2.05, 4.69) is 5.32 Å². The molecule has 0 fully saturated rings. The van der Waals surface area contributed by atoms with Gasteiger partial charge in [0.25, 0.3) is 0 Å². The van der Waals surface area contributed by atoms with Gasteiger partial charge in [-0.05, 0) is 36.9 Å². The molecular formula is C18H19FN2O3. The number of amides is 1. The molecule has 0 aromatic heterocycles. The minimum Gasteiger partial charge on any atom is -0.465 e. The fourth-order valence-electron chi connectivity index (χ4n) is 2.27. The smallest absolute Gasteiger partial charge is 0.339 e. The van der Waals surface area contributed by atoms with Gasteiger partial charge in [-0.2, -0.15) is 0 Å². The van der Waals surface area contributed by atoms with Crippen molar-refractivity contribution in [1.29, 1.82) is 0 Å². The molecule has 0 atom stereocenters. The highest BCUT2D eigenvalue weighted by atomic mass is 19.1. The summed E-state index contributed by atoms with van der Waals surface area (Å²) in [4.78, 5) is 25.7. The lowest BCUT2D eigenvalue weighted by atomic mass is 10.2. The number of esters is 1. The SMILES string of the molecule is COC(=O)c1ccccc1NC(=O)CN(C)Cc1ccc(F)cc1. The van der Waals surface area contributed by atoms with Crippen molar-refractivity contribution in [2.45, 2.75) is 6.54 Å². The van der Waals surface area contributed by atoms with Crippen molar-refractivity contribution in [2.75, 3.05) is 26.0 Å². The number of hydrogen-bond donors (Lipinski definition) is 1. The number of hydrogen-bond acceptors (Lipinski definition) is 4. The molecule has 0 aliphatic rings. The van der Waals surface area contributed by atoms with Crippen LogP contribution in [0.25, 0.3) is 0 Å².